The topological polar surface area (TPSA) is 9.23 Å². The lowest BCUT2D eigenvalue weighted by Gasteiger charge is -2.09. The van der Waals surface area contributed by atoms with Crippen LogP contribution in [0.15, 0.2) is 36.4 Å². The number of alkyl halides is 1. The molecule has 3 heteroatoms. The largest absolute Gasteiger partial charge is 0.457 e. The van der Waals surface area contributed by atoms with Crippen molar-refractivity contribution in [1.29, 1.82) is 0 Å². The van der Waals surface area contributed by atoms with E-state index in [9.17, 15) is 0 Å². The molecule has 0 aliphatic heterocycles. The molecule has 0 spiro atoms. The van der Waals surface area contributed by atoms with Crippen LogP contribution < -0.4 is 4.74 Å². The predicted octanol–water partition coefficient (Wildman–Crippen LogP) is 5.49. The smallest absolute Gasteiger partial charge is 0.128 e. The van der Waals surface area contributed by atoms with Gasteiger partial charge >= 0.3 is 0 Å². The molecule has 18 heavy (non-hydrogen) atoms. The van der Waals surface area contributed by atoms with Crippen molar-refractivity contribution in [2.45, 2.75) is 19.7 Å². The lowest BCUT2D eigenvalue weighted by molar-refractivity contribution is 0.482. The summed E-state index contributed by atoms with van der Waals surface area (Å²) in [6.07, 6.45) is 0. The van der Waals surface area contributed by atoms with Crippen LogP contribution in [0, 0.1) is 13.8 Å². The number of hydrogen-bond donors (Lipinski definition) is 0. The zero-order valence-electron chi connectivity index (χ0n) is 10.3. The van der Waals surface area contributed by atoms with Gasteiger partial charge in [-0.05, 0) is 54.8 Å². The number of hydrogen-bond acceptors (Lipinski definition) is 1. The summed E-state index contributed by atoms with van der Waals surface area (Å²) in [6, 6.07) is 11.6. The summed E-state index contributed by atoms with van der Waals surface area (Å²) in [4.78, 5) is 0. The first kappa shape index (κ1) is 13.3. The Morgan fingerprint density at radius 1 is 0.944 bits per heavy atom. The predicted molar refractivity (Wildman–Crippen MR) is 77.0 cm³/mol. The van der Waals surface area contributed by atoms with E-state index in [0.717, 1.165) is 17.1 Å². The second-order valence-electron chi connectivity index (χ2n) is 4.31. The molecule has 0 fully saturated rings. The van der Waals surface area contributed by atoms with Crippen LogP contribution in [-0.2, 0) is 5.88 Å². The van der Waals surface area contributed by atoms with Crippen LogP contribution in [0.2, 0.25) is 5.02 Å². The van der Waals surface area contributed by atoms with E-state index in [2.05, 4.69) is 6.07 Å². The quantitative estimate of drug-likeness (QED) is 0.676. The van der Waals surface area contributed by atoms with Crippen molar-refractivity contribution in [3.05, 3.63) is 58.1 Å². The zero-order valence-corrected chi connectivity index (χ0v) is 11.8. The number of halogens is 2. The molecule has 2 aromatic rings. The minimum atomic E-state index is 0.405. The Labute approximate surface area is 117 Å². The lowest BCUT2D eigenvalue weighted by Crippen LogP contribution is -1.88. The van der Waals surface area contributed by atoms with Gasteiger partial charge in [-0.2, -0.15) is 0 Å². The molecule has 0 radical (unpaired) electrons. The average molecular weight is 281 g/mol. The molecule has 0 aliphatic carbocycles. The molecular weight excluding hydrogens is 267 g/mol. The second kappa shape index (κ2) is 5.64. The highest BCUT2D eigenvalue weighted by Crippen LogP contribution is 2.28. The molecular formula is C15H14Cl2O. The molecule has 0 bridgehead atoms. The molecule has 0 aromatic heterocycles. The van der Waals surface area contributed by atoms with Crippen LogP contribution >= 0.6 is 23.2 Å². The van der Waals surface area contributed by atoms with Crippen molar-refractivity contribution >= 4 is 23.2 Å². The Bertz CT molecular complexity index is 544. The number of aryl methyl sites for hydroxylation is 2. The summed E-state index contributed by atoms with van der Waals surface area (Å²) >= 11 is 11.9. The Morgan fingerprint density at radius 3 is 2.17 bits per heavy atom. The van der Waals surface area contributed by atoms with E-state index < -0.39 is 0 Å². The fourth-order valence-corrected chi connectivity index (χ4v) is 2.37. The van der Waals surface area contributed by atoms with Gasteiger partial charge < -0.3 is 4.74 Å². The van der Waals surface area contributed by atoms with E-state index in [1.807, 2.05) is 38.1 Å². The molecule has 94 valence electrons. The maximum Gasteiger partial charge on any atom is 0.128 e. The first-order valence-electron chi connectivity index (χ1n) is 5.69. The van der Waals surface area contributed by atoms with Crippen LogP contribution in [0.1, 0.15) is 16.7 Å². The molecule has 0 saturated carbocycles. The highest BCUT2D eigenvalue weighted by molar-refractivity contribution is 6.32. The van der Waals surface area contributed by atoms with E-state index >= 15 is 0 Å². The van der Waals surface area contributed by atoms with E-state index in [1.165, 1.54) is 11.1 Å². The first-order valence-corrected chi connectivity index (χ1v) is 6.60. The molecule has 0 heterocycles. The highest BCUT2D eigenvalue weighted by Gasteiger charge is 2.03. The van der Waals surface area contributed by atoms with E-state index in [1.54, 1.807) is 6.07 Å². The summed E-state index contributed by atoms with van der Waals surface area (Å²) in [5, 5.41) is 0.631. The monoisotopic (exact) mass is 280 g/mol. The molecule has 0 saturated heterocycles. The zero-order chi connectivity index (χ0) is 13.1. The van der Waals surface area contributed by atoms with Gasteiger partial charge in [-0.1, -0.05) is 23.7 Å². The van der Waals surface area contributed by atoms with Gasteiger partial charge in [0.05, 0.1) is 0 Å². The minimum absolute atomic E-state index is 0.405. The Hall–Kier alpha value is -1.18. The highest BCUT2D eigenvalue weighted by atomic mass is 35.5. The molecule has 0 N–H and O–H groups in total. The molecule has 0 atom stereocenters. The molecule has 2 rings (SSSR count). The summed E-state index contributed by atoms with van der Waals surface area (Å²) in [5.74, 6) is 1.95. The normalized spacial score (nSPS) is 10.4. The van der Waals surface area contributed by atoms with E-state index in [0.29, 0.717) is 10.9 Å². The van der Waals surface area contributed by atoms with Gasteiger partial charge in [0.2, 0.25) is 0 Å². The van der Waals surface area contributed by atoms with E-state index in [-0.39, 0.29) is 0 Å². The number of benzene rings is 2. The molecule has 1 nitrogen and oxygen atoms in total. The minimum Gasteiger partial charge on any atom is -0.457 e. The second-order valence-corrected chi connectivity index (χ2v) is 4.99. The summed E-state index contributed by atoms with van der Waals surface area (Å²) in [6.45, 7) is 4.09. The number of rotatable bonds is 3. The van der Waals surface area contributed by atoms with Crippen LogP contribution in [0.5, 0.6) is 11.5 Å². The standard InChI is InChI=1S/C15H14Cl2O/c1-10-5-11(2)7-14(6-10)18-13-4-3-12(9-16)15(17)8-13/h3-8H,9H2,1-2H3. The van der Waals surface area contributed by atoms with E-state index in [4.69, 9.17) is 27.9 Å². The third-order valence-corrected chi connectivity index (χ3v) is 3.24. The Morgan fingerprint density at radius 2 is 1.61 bits per heavy atom. The maximum atomic E-state index is 6.09. The maximum absolute atomic E-state index is 6.09. The molecule has 0 aliphatic rings. The average Bonchev–Trinajstić information content (AvgIpc) is 2.27. The van der Waals surface area contributed by atoms with Crippen molar-refractivity contribution in [3.63, 3.8) is 0 Å². The summed E-state index contributed by atoms with van der Waals surface area (Å²) in [7, 11) is 0. The van der Waals surface area contributed by atoms with Crippen LogP contribution in [-0.4, -0.2) is 0 Å². The van der Waals surface area contributed by atoms with Crippen molar-refractivity contribution in [2.75, 3.05) is 0 Å². The van der Waals surface area contributed by atoms with Crippen molar-refractivity contribution < 1.29 is 4.74 Å². The van der Waals surface area contributed by atoms with Gasteiger partial charge in [0.1, 0.15) is 11.5 Å². The Kier molecular flexibility index (Phi) is 4.15. The van der Waals surface area contributed by atoms with Crippen LogP contribution in [0.25, 0.3) is 0 Å². The third-order valence-electron chi connectivity index (χ3n) is 2.60. The first-order chi connectivity index (χ1) is 8.58. The molecule has 0 amide bonds. The molecule has 2 aromatic carbocycles. The van der Waals surface area contributed by atoms with Crippen molar-refractivity contribution in [3.8, 4) is 11.5 Å². The fraction of sp³-hybridized carbons (Fsp3) is 0.200. The lowest BCUT2D eigenvalue weighted by atomic mass is 10.1. The SMILES string of the molecule is Cc1cc(C)cc(Oc2ccc(CCl)c(Cl)c2)c1. The van der Waals surface area contributed by atoms with Crippen molar-refractivity contribution in [2.24, 2.45) is 0 Å². The summed E-state index contributed by atoms with van der Waals surface area (Å²) in [5.41, 5.74) is 3.26. The molecule has 0 unspecified atom stereocenters. The van der Waals surface area contributed by atoms with Gasteiger partial charge in [-0.25, -0.2) is 0 Å². The number of ether oxygens (including phenoxy) is 1. The Balaban J connectivity index is 2.25. The van der Waals surface area contributed by atoms with Gasteiger partial charge in [0.25, 0.3) is 0 Å². The van der Waals surface area contributed by atoms with Gasteiger partial charge in [-0.15, -0.1) is 11.6 Å². The van der Waals surface area contributed by atoms with Gasteiger partial charge in [0.15, 0.2) is 0 Å². The van der Waals surface area contributed by atoms with Crippen LogP contribution in [0.4, 0.5) is 0 Å². The summed E-state index contributed by atoms with van der Waals surface area (Å²) < 4.78 is 5.79. The van der Waals surface area contributed by atoms with Gasteiger partial charge in [-0.3, -0.25) is 0 Å². The van der Waals surface area contributed by atoms with Gasteiger partial charge in [0, 0.05) is 10.9 Å². The third kappa shape index (κ3) is 3.18. The van der Waals surface area contributed by atoms with Crippen LogP contribution in [0.3, 0.4) is 0 Å². The van der Waals surface area contributed by atoms with Crippen molar-refractivity contribution in [1.82, 2.24) is 0 Å². The fourth-order valence-electron chi connectivity index (χ4n) is 1.83.